The summed E-state index contributed by atoms with van der Waals surface area (Å²) < 4.78 is 5.47. The van der Waals surface area contributed by atoms with Crippen molar-refractivity contribution in [2.45, 2.75) is 284 Å². The normalized spacial score (nSPS) is 11.9. The van der Waals surface area contributed by atoms with Crippen molar-refractivity contribution >= 4 is 5.97 Å². The largest absolute Gasteiger partial charge is 0.466 e. The number of hydrogen-bond acceptors (Lipinski definition) is 2. The molecule has 0 aliphatic rings. The maximum Gasteiger partial charge on any atom is 0.305 e. The van der Waals surface area contributed by atoms with Crippen molar-refractivity contribution in [2.75, 3.05) is 6.61 Å². The van der Waals surface area contributed by atoms with Crippen LogP contribution in [0, 0.1) is 5.92 Å². The van der Waals surface area contributed by atoms with Crippen LogP contribution in [0.5, 0.6) is 0 Å². The van der Waals surface area contributed by atoms with E-state index in [4.69, 9.17) is 4.74 Å². The Morgan fingerprint density at radius 3 is 1.09 bits per heavy atom. The number of rotatable bonds is 45. The maximum atomic E-state index is 12.0. The fraction of sp³-hybridized carbons (Fsp3) is 0.902. The van der Waals surface area contributed by atoms with E-state index in [1.54, 1.807) is 0 Å². The number of hydrogen-bond donors (Lipinski definition) is 0. The molecule has 0 bridgehead atoms. The van der Waals surface area contributed by atoms with Crippen molar-refractivity contribution in [2.24, 2.45) is 5.92 Å². The number of carbonyl (C=O) groups excluding carboxylic acids is 1. The Bertz CT molecular complexity index is 737. The molecule has 2 heteroatoms. The molecule has 0 heterocycles. The van der Waals surface area contributed by atoms with Gasteiger partial charge >= 0.3 is 5.97 Å². The van der Waals surface area contributed by atoms with E-state index >= 15 is 0 Å². The number of esters is 1. The fourth-order valence-electron chi connectivity index (χ4n) is 7.59. The zero-order valence-corrected chi connectivity index (χ0v) is 36.9. The van der Waals surface area contributed by atoms with Crippen LogP contribution in [0.15, 0.2) is 24.3 Å². The number of allylic oxidation sites excluding steroid dienone is 4. The molecule has 0 saturated heterocycles. The van der Waals surface area contributed by atoms with Crippen molar-refractivity contribution in [3.63, 3.8) is 0 Å². The van der Waals surface area contributed by atoms with E-state index in [0.29, 0.717) is 13.0 Å². The van der Waals surface area contributed by atoms with Crippen LogP contribution in [0.1, 0.15) is 284 Å². The highest BCUT2D eigenvalue weighted by Crippen LogP contribution is 2.17. The first-order valence-corrected chi connectivity index (χ1v) is 24.6. The molecule has 0 fully saturated rings. The maximum absolute atomic E-state index is 12.0. The molecule has 0 aromatic heterocycles. The molecule has 53 heavy (non-hydrogen) atoms. The molecular formula is C51H98O2. The Morgan fingerprint density at radius 2 is 0.717 bits per heavy atom. The molecule has 0 aliphatic carbocycles. The lowest BCUT2D eigenvalue weighted by atomic mass is 10.0. The molecule has 0 rings (SSSR count). The van der Waals surface area contributed by atoms with E-state index in [9.17, 15) is 4.79 Å². The van der Waals surface area contributed by atoms with Gasteiger partial charge in [0.15, 0.2) is 0 Å². The van der Waals surface area contributed by atoms with E-state index in [1.807, 2.05) is 0 Å². The van der Waals surface area contributed by atoms with E-state index in [1.165, 1.54) is 231 Å². The molecule has 0 aromatic rings. The summed E-state index contributed by atoms with van der Waals surface area (Å²) in [5.74, 6) is 0.902. The van der Waals surface area contributed by atoms with E-state index in [-0.39, 0.29) is 5.97 Å². The van der Waals surface area contributed by atoms with Gasteiger partial charge in [-0.1, -0.05) is 257 Å². The zero-order valence-electron chi connectivity index (χ0n) is 36.9. The van der Waals surface area contributed by atoms with Gasteiger partial charge in [-0.2, -0.15) is 0 Å². The predicted molar refractivity (Wildman–Crippen MR) is 239 cm³/mol. The first-order valence-electron chi connectivity index (χ1n) is 24.6. The second kappa shape index (κ2) is 47.1. The number of unbranched alkanes of at least 4 members (excludes halogenated alkanes) is 35. The smallest absolute Gasteiger partial charge is 0.305 e. The summed E-state index contributed by atoms with van der Waals surface area (Å²) in [6, 6.07) is 0. The second-order valence-electron chi connectivity index (χ2n) is 17.3. The molecular weight excluding hydrogens is 645 g/mol. The van der Waals surface area contributed by atoms with Gasteiger partial charge in [0.1, 0.15) is 0 Å². The van der Waals surface area contributed by atoms with Crippen molar-refractivity contribution in [1.82, 2.24) is 0 Å². The SMILES string of the molecule is CCCCC/C=C\C/C=C\CCCCCCCC(=O)OCCCCCCCCCCCCCCCCCCCCCCCCCCCCCCC(C)C. The molecule has 2 nitrogen and oxygen atoms in total. The third-order valence-corrected chi connectivity index (χ3v) is 11.3. The first-order chi connectivity index (χ1) is 26.2. The van der Waals surface area contributed by atoms with Crippen LogP contribution in [0.3, 0.4) is 0 Å². The highest BCUT2D eigenvalue weighted by atomic mass is 16.5. The Labute approximate surface area is 335 Å². The molecule has 314 valence electrons. The Balaban J connectivity index is 3.17. The van der Waals surface area contributed by atoms with Gasteiger partial charge in [-0.05, 0) is 50.9 Å². The topological polar surface area (TPSA) is 26.3 Å². The van der Waals surface area contributed by atoms with Gasteiger partial charge in [-0.15, -0.1) is 0 Å². The van der Waals surface area contributed by atoms with Crippen molar-refractivity contribution in [3.8, 4) is 0 Å². The molecule has 0 amide bonds. The van der Waals surface area contributed by atoms with Crippen LogP contribution in [-0.4, -0.2) is 12.6 Å². The van der Waals surface area contributed by atoms with Crippen LogP contribution < -0.4 is 0 Å². The lowest BCUT2D eigenvalue weighted by Crippen LogP contribution is -2.05. The first kappa shape index (κ1) is 52.0. The number of ether oxygens (including phenoxy) is 1. The lowest BCUT2D eigenvalue weighted by Gasteiger charge is -2.06. The molecule has 0 radical (unpaired) electrons. The summed E-state index contributed by atoms with van der Waals surface area (Å²) in [5.41, 5.74) is 0. The summed E-state index contributed by atoms with van der Waals surface area (Å²) >= 11 is 0. The summed E-state index contributed by atoms with van der Waals surface area (Å²) in [6.45, 7) is 7.58. The van der Waals surface area contributed by atoms with E-state index in [0.717, 1.165) is 31.6 Å². The molecule has 0 aromatic carbocycles. The minimum absolute atomic E-state index is 0.0148. The van der Waals surface area contributed by atoms with Crippen molar-refractivity contribution in [1.29, 1.82) is 0 Å². The zero-order chi connectivity index (χ0) is 38.4. The van der Waals surface area contributed by atoms with Gasteiger partial charge in [0.2, 0.25) is 0 Å². The summed E-state index contributed by atoms with van der Waals surface area (Å²) in [7, 11) is 0. The molecule has 0 atom stereocenters. The van der Waals surface area contributed by atoms with Gasteiger partial charge in [0, 0.05) is 6.42 Å². The minimum atomic E-state index is 0.0148. The molecule has 0 unspecified atom stereocenters. The van der Waals surface area contributed by atoms with Crippen LogP contribution in [0.2, 0.25) is 0 Å². The quantitative estimate of drug-likeness (QED) is 0.0353. The monoisotopic (exact) mass is 743 g/mol. The second-order valence-corrected chi connectivity index (χ2v) is 17.3. The van der Waals surface area contributed by atoms with Crippen LogP contribution in [-0.2, 0) is 9.53 Å². The molecule has 0 saturated carbocycles. The van der Waals surface area contributed by atoms with Gasteiger partial charge in [0.25, 0.3) is 0 Å². The predicted octanol–water partition coefficient (Wildman–Crippen LogP) is 18.3. The third kappa shape index (κ3) is 48.9. The molecule has 0 N–H and O–H groups in total. The summed E-state index contributed by atoms with van der Waals surface area (Å²) in [6.07, 6.45) is 64.5. The standard InChI is InChI=1S/C51H98O2/c1-4-5-6-7-8-9-10-11-26-30-33-36-39-42-45-48-51(52)53-49-46-43-40-37-34-31-28-25-23-21-19-17-15-13-12-14-16-18-20-22-24-27-29-32-35-38-41-44-47-50(2)3/h8-9,11,26,50H,4-7,10,12-25,27-49H2,1-3H3/b9-8-,26-11-. The molecule has 0 aliphatic heterocycles. The minimum Gasteiger partial charge on any atom is -0.466 e. The van der Waals surface area contributed by atoms with Crippen LogP contribution in [0.4, 0.5) is 0 Å². The average molecular weight is 743 g/mol. The van der Waals surface area contributed by atoms with Crippen LogP contribution >= 0.6 is 0 Å². The van der Waals surface area contributed by atoms with Gasteiger partial charge in [0.05, 0.1) is 6.61 Å². The summed E-state index contributed by atoms with van der Waals surface area (Å²) in [5, 5.41) is 0. The van der Waals surface area contributed by atoms with Gasteiger partial charge in [-0.25, -0.2) is 0 Å². The fourth-order valence-corrected chi connectivity index (χ4v) is 7.59. The van der Waals surface area contributed by atoms with Gasteiger partial charge < -0.3 is 4.74 Å². The summed E-state index contributed by atoms with van der Waals surface area (Å²) in [4.78, 5) is 12.0. The third-order valence-electron chi connectivity index (χ3n) is 11.3. The highest BCUT2D eigenvalue weighted by molar-refractivity contribution is 5.69. The Kier molecular flexibility index (Phi) is 46.2. The van der Waals surface area contributed by atoms with E-state index < -0.39 is 0 Å². The average Bonchev–Trinajstić information content (AvgIpc) is 3.15. The highest BCUT2D eigenvalue weighted by Gasteiger charge is 2.03. The van der Waals surface area contributed by atoms with Crippen LogP contribution in [0.25, 0.3) is 0 Å². The molecule has 0 spiro atoms. The van der Waals surface area contributed by atoms with Crippen molar-refractivity contribution in [3.05, 3.63) is 24.3 Å². The van der Waals surface area contributed by atoms with E-state index in [2.05, 4.69) is 45.1 Å². The Morgan fingerprint density at radius 1 is 0.396 bits per heavy atom. The van der Waals surface area contributed by atoms with Crippen molar-refractivity contribution < 1.29 is 9.53 Å². The Hall–Kier alpha value is -1.05. The van der Waals surface area contributed by atoms with Gasteiger partial charge in [-0.3, -0.25) is 4.79 Å². The lowest BCUT2D eigenvalue weighted by molar-refractivity contribution is -0.143. The number of carbonyl (C=O) groups is 1.